The predicted molar refractivity (Wildman–Crippen MR) is 80.9 cm³/mol. The first-order chi connectivity index (χ1) is 10.6. The molecule has 2 heterocycles. The standard InChI is InChI=1S/C14H16FN5O2/c1-18-13(21)12(16-17-14(18)22)20-7-5-19(6-8-20)11-4-2-3-10(15)9-11/h2-4,9H,5-8H2,1H3,(H,17,22). The maximum atomic E-state index is 13.3. The SMILES string of the molecule is Cn1c(=O)[nH]nc(N2CCN(c3cccc(F)c3)CC2)c1=O. The number of H-pyrrole nitrogens is 1. The van der Waals surface area contributed by atoms with Crippen LogP contribution in [-0.4, -0.2) is 40.9 Å². The van der Waals surface area contributed by atoms with E-state index in [1.165, 1.54) is 19.2 Å². The van der Waals surface area contributed by atoms with Crippen molar-refractivity contribution in [2.45, 2.75) is 0 Å². The van der Waals surface area contributed by atoms with E-state index in [4.69, 9.17) is 0 Å². The van der Waals surface area contributed by atoms with Gasteiger partial charge in [0.1, 0.15) is 5.82 Å². The zero-order valence-corrected chi connectivity index (χ0v) is 12.1. The molecule has 1 aliphatic heterocycles. The van der Waals surface area contributed by atoms with Crippen molar-refractivity contribution in [2.75, 3.05) is 36.0 Å². The summed E-state index contributed by atoms with van der Waals surface area (Å²) in [6.07, 6.45) is 0. The molecule has 0 amide bonds. The van der Waals surface area contributed by atoms with Crippen LogP contribution in [0.15, 0.2) is 33.9 Å². The van der Waals surface area contributed by atoms with Crippen molar-refractivity contribution >= 4 is 11.5 Å². The Morgan fingerprint density at radius 3 is 2.50 bits per heavy atom. The molecule has 1 fully saturated rings. The number of benzene rings is 1. The molecule has 7 nitrogen and oxygen atoms in total. The quantitative estimate of drug-likeness (QED) is 0.841. The average molecular weight is 305 g/mol. The van der Waals surface area contributed by atoms with E-state index >= 15 is 0 Å². The monoisotopic (exact) mass is 305 g/mol. The Bertz CT molecular complexity index is 792. The molecule has 0 spiro atoms. The van der Waals surface area contributed by atoms with E-state index in [2.05, 4.69) is 15.1 Å². The van der Waals surface area contributed by atoms with Crippen molar-refractivity contribution in [3.8, 4) is 0 Å². The van der Waals surface area contributed by atoms with Gasteiger partial charge in [-0.3, -0.25) is 9.36 Å². The van der Waals surface area contributed by atoms with Crippen molar-refractivity contribution in [1.29, 1.82) is 0 Å². The summed E-state index contributed by atoms with van der Waals surface area (Å²) in [4.78, 5) is 27.3. The Morgan fingerprint density at radius 2 is 1.82 bits per heavy atom. The molecule has 0 bridgehead atoms. The van der Waals surface area contributed by atoms with Crippen LogP contribution in [0.25, 0.3) is 0 Å². The van der Waals surface area contributed by atoms with E-state index in [1.807, 2.05) is 11.0 Å². The third kappa shape index (κ3) is 2.59. The van der Waals surface area contributed by atoms with Gasteiger partial charge in [0.25, 0.3) is 5.56 Å². The van der Waals surface area contributed by atoms with Crippen molar-refractivity contribution in [3.63, 3.8) is 0 Å². The van der Waals surface area contributed by atoms with Crippen LogP contribution >= 0.6 is 0 Å². The average Bonchev–Trinajstić information content (AvgIpc) is 2.53. The van der Waals surface area contributed by atoms with Gasteiger partial charge < -0.3 is 9.80 Å². The lowest BCUT2D eigenvalue weighted by Gasteiger charge is -2.36. The Hall–Kier alpha value is -2.64. The lowest BCUT2D eigenvalue weighted by molar-refractivity contribution is 0.612. The van der Waals surface area contributed by atoms with Crippen LogP contribution in [0.4, 0.5) is 15.9 Å². The first-order valence-electron chi connectivity index (χ1n) is 6.97. The molecule has 1 saturated heterocycles. The molecular formula is C14H16FN5O2. The highest BCUT2D eigenvalue weighted by Gasteiger charge is 2.21. The Labute approximate surface area is 125 Å². The largest absolute Gasteiger partial charge is 0.368 e. The summed E-state index contributed by atoms with van der Waals surface area (Å²) in [6, 6.07) is 6.44. The van der Waals surface area contributed by atoms with Crippen molar-refractivity contribution in [3.05, 3.63) is 50.9 Å². The highest BCUT2D eigenvalue weighted by Crippen LogP contribution is 2.18. The molecule has 1 N–H and O–H groups in total. The van der Waals surface area contributed by atoms with E-state index < -0.39 is 11.2 Å². The molecule has 0 radical (unpaired) electrons. The van der Waals surface area contributed by atoms with E-state index in [-0.39, 0.29) is 11.6 Å². The second-order valence-electron chi connectivity index (χ2n) is 5.17. The lowest BCUT2D eigenvalue weighted by Crippen LogP contribution is -2.50. The third-order valence-electron chi connectivity index (χ3n) is 3.81. The number of nitrogens with zero attached hydrogens (tertiary/aromatic N) is 4. The van der Waals surface area contributed by atoms with Crippen molar-refractivity contribution in [1.82, 2.24) is 14.8 Å². The van der Waals surface area contributed by atoms with Crippen LogP contribution in [0, 0.1) is 5.82 Å². The van der Waals surface area contributed by atoms with Gasteiger partial charge in [-0.15, -0.1) is 5.10 Å². The third-order valence-corrected chi connectivity index (χ3v) is 3.81. The van der Waals surface area contributed by atoms with Crippen LogP contribution in [0.2, 0.25) is 0 Å². The van der Waals surface area contributed by atoms with E-state index in [0.717, 1.165) is 10.3 Å². The van der Waals surface area contributed by atoms with Gasteiger partial charge in [0, 0.05) is 38.9 Å². The Morgan fingerprint density at radius 1 is 1.14 bits per heavy atom. The molecule has 116 valence electrons. The lowest BCUT2D eigenvalue weighted by atomic mass is 10.2. The second-order valence-corrected chi connectivity index (χ2v) is 5.17. The van der Waals surface area contributed by atoms with E-state index in [9.17, 15) is 14.0 Å². The number of rotatable bonds is 2. The number of hydrogen-bond acceptors (Lipinski definition) is 5. The van der Waals surface area contributed by atoms with Crippen molar-refractivity contribution in [2.24, 2.45) is 7.05 Å². The number of aromatic amines is 1. The first-order valence-corrected chi connectivity index (χ1v) is 6.97. The molecule has 8 heteroatoms. The number of nitrogens with one attached hydrogen (secondary N) is 1. The summed E-state index contributed by atoms with van der Waals surface area (Å²) in [6.45, 7) is 2.44. The Kier molecular flexibility index (Phi) is 3.66. The van der Waals surface area contributed by atoms with Crippen LogP contribution < -0.4 is 21.0 Å². The van der Waals surface area contributed by atoms with E-state index in [1.54, 1.807) is 6.07 Å². The molecule has 0 atom stereocenters. The maximum Gasteiger partial charge on any atom is 0.344 e. The minimum absolute atomic E-state index is 0.237. The Balaban J connectivity index is 1.76. The highest BCUT2D eigenvalue weighted by molar-refractivity contribution is 5.49. The summed E-state index contributed by atoms with van der Waals surface area (Å²) in [5.41, 5.74) is -0.128. The summed E-state index contributed by atoms with van der Waals surface area (Å²) in [5.74, 6) is -0.0305. The summed E-state index contributed by atoms with van der Waals surface area (Å²) >= 11 is 0. The summed E-state index contributed by atoms with van der Waals surface area (Å²) in [7, 11) is 1.41. The fourth-order valence-corrected chi connectivity index (χ4v) is 2.52. The van der Waals surface area contributed by atoms with E-state index in [0.29, 0.717) is 26.2 Å². The number of aromatic nitrogens is 3. The van der Waals surface area contributed by atoms with Gasteiger partial charge >= 0.3 is 5.69 Å². The minimum atomic E-state index is -0.535. The van der Waals surface area contributed by atoms with Gasteiger partial charge in [0.15, 0.2) is 0 Å². The highest BCUT2D eigenvalue weighted by atomic mass is 19.1. The first kappa shape index (κ1) is 14.3. The van der Waals surface area contributed by atoms with Gasteiger partial charge in [-0.1, -0.05) is 6.07 Å². The van der Waals surface area contributed by atoms with Crippen LogP contribution in [0.5, 0.6) is 0 Å². The zero-order chi connectivity index (χ0) is 15.7. The molecular weight excluding hydrogens is 289 g/mol. The summed E-state index contributed by atoms with van der Waals surface area (Å²) in [5, 5.41) is 6.16. The topological polar surface area (TPSA) is 74.2 Å². The molecule has 22 heavy (non-hydrogen) atoms. The number of hydrogen-bond donors (Lipinski definition) is 1. The number of halogens is 1. The van der Waals surface area contributed by atoms with Gasteiger partial charge in [-0.25, -0.2) is 14.3 Å². The van der Waals surface area contributed by atoms with Crippen LogP contribution in [0.1, 0.15) is 0 Å². The maximum absolute atomic E-state index is 13.3. The molecule has 1 aromatic carbocycles. The second kappa shape index (κ2) is 5.63. The molecule has 1 aromatic heterocycles. The van der Waals surface area contributed by atoms with Crippen LogP contribution in [-0.2, 0) is 7.05 Å². The summed E-state index contributed by atoms with van der Waals surface area (Å²) < 4.78 is 14.3. The fraction of sp³-hybridized carbons (Fsp3) is 0.357. The number of piperazine rings is 1. The smallest absolute Gasteiger partial charge is 0.344 e. The predicted octanol–water partition coefficient (Wildman–Crippen LogP) is -0.0657. The zero-order valence-electron chi connectivity index (χ0n) is 12.1. The molecule has 0 saturated carbocycles. The minimum Gasteiger partial charge on any atom is -0.368 e. The fourth-order valence-electron chi connectivity index (χ4n) is 2.52. The van der Waals surface area contributed by atoms with Gasteiger partial charge in [-0.2, -0.15) is 0 Å². The van der Waals surface area contributed by atoms with Crippen LogP contribution in [0.3, 0.4) is 0 Å². The normalized spacial score (nSPS) is 15.2. The number of anilines is 2. The molecule has 1 aliphatic rings. The van der Waals surface area contributed by atoms with Gasteiger partial charge in [-0.05, 0) is 18.2 Å². The molecule has 0 aliphatic carbocycles. The molecule has 3 rings (SSSR count). The van der Waals surface area contributed by atoms with Gasteiger partial charge in [0.05, 0.1) is 0 Å². The molecule has 2 aromatic rings. The molecule has 0 unspecified atom stereocenters. The van der Waals surface area contributed by atoms with Crippen molar-refractivity contribution < 1.29 is 4.39 Å². The van der Waals surface area contributed by atoms with Gasteiger partial charge in [0.2, 0.25) is 5.82 Å².